The summed E-state index contributed by atoms with van der Waals surface area (Å²) in [6.07, 6.45) is 44.8. The minimum absolute atomic E-state index is 0.206. The van der Waals surface area contributed by atoms with Gasteiger partial charge in [0.1, 0.15) is 24.4 Å². The lowest BCUT2D eigenvalue weighted by Gasteiger charge is -2.40. The maximum absolute atomic E-state index is 12.9. The number of ether oxygens (including phenoxy) is 2. The smallest absolute Gasteiger partial charge is 0.220 e. The summed E-state index contributed by atoms with van der Waals surface area (Å²) in [5, 5.41) is 54.1. The van der Waals surface area contributed by atoms with Crippen LogP contribution in [0, 0.1) is 0 Å². The summed E-state index contributed by atoms with van der Waals surface area (Å²) in [5.41, 5.74) is 0. The Morgan fingerprint density at radius 3 is 1.68 bits per heavy atom. The van der Waals surface area contributed by atoms with Crippen molar-refractivity contribution in [2.45, 2.75) is 198 Å². The zero-order valence-corrected chi connectivity index (χ0v) is 35.6. The first-order valence-corrected chi connectivity index (χ1v) is 22.3. The fourth-order valence-electron chi connectivity index (χ4n) is 6.35. The van der Waals surface area contributed by atoms with Gasteiger partial charge >= 0.3 is 0 Å². The van der Waals surface area contributed by atoms with E-state index in [0.717, 1.165) is 89.9 Å². The molecule has 0 aromatic rings. The molecule has 6 N–H and O–H groups in total. The molecule has 1 heterocycles. The van der Waals surface area contributed by atoms with E-state index in [2.05, 4.69) is 92.1 Å². The Labute approximate surface area is 346 Å². The lowest BCUT2D eigenvalue weighted by Crippen LogP contribution is -2.60. The first kappa shape index (κ1) is 52.4. The number of carbonyl (C=O) groups excluding carboxylic acids is 1. The van der Waals surface area contributed by atoms with Crippen LogP contribution in [0.1, 0.15) is 155 Å². The maximum Gasteiger partial charge on any atom is 0.220 e. The van der Waals surface area contributed by atoms with Crippen LogP contribution in [0.15, 0.2) is 85.1 Å². The fraction of sp³-hybridized carbons (Fsp3) is 0.688. The van der Waals surface area contributed by atoms with E-state index in [4.69, 9.17) is 9.47 Å². The minimum Gasteiger partial charge on any atom is -0.394 e. The quantitative estimate of drug-likeness (QED) is 0.0275. The van der Waals surface area contributed by atoms with Gasteiger partial charge in [-0.1, -0.05) is 150 Å². The Balaban J connectivity index is 2.38. The molecule has 1 amide bonds. The van der Waals surface area contributed by atoms with Crippen molar-refractivity contribution in [2.75, 3.05) is 13.2 Å². The van der Waals surface area contributed by atoms with E-state index in [1.54, 1.807) is 6.08 Å². The summed E-state index contributed by atoms with van der Waals surface area (Å²) in [4.78, 5) is 12.9. The molecule has 0 saturated carbocycles. The van der Waals surface area contributed by atoms with Gasteiger partial charge in [0.15, 0.2) is 6.29 Å². The van der Waals surface area contributed by atoms with Gasteiger partial charge in [0, 0.05) is 6.42 Å². The van der Waals surface area contributed by atoms with Crippen LogP contribution in [0.4, 0.5) is 0 Å². The second kappa shape index (κ2) is 37.6. The van der Waals surface area contributed by atoms with Crippen LogP contribution < -0.4 is 5.32 Å². The van der Waals surface area contributed by atoms with Crippen molar-refractivity contribution < 1.29 is 39.8 Å². The largest absolute Gasteiger partial charge is 0.394 e. The number of hydrogen-bond acceptors (Lipinski definition) is 8. The first-order valence-electron chi connectivity index (χ1n) is 22.3. The van der Waals surface area contributed by atoms with Crippen molar-refractivity contribution >= 4 is 5.91 Å². The molecule has 57 heavy (non-hydrogen) atoms. The molecule has 1 saturated heterocycles. The zero-order valence-electron chi connectivity index (χ0n) is 35.6. The number of aliphatic hydroxyl groups excluding tert-OH is 5. The zero-order chi connectivity index (χ0) is 41.6. The average Bonchev–Trinajstić information content (AvgIpc) is 3.21. The standard InChI is InChI=1S/C48H81NO8/c1-3-5-7-9-11-13-15-17-18-19-20-21-22-23-24-26-28-30-32-34-36-38-44(52)49-41(40-56-48-47(55)46(54)45(53)43(39-50)57-48)42(51)37-35-33-31-29-27-25-16-14-12-10-8-6-4-2/h5,7,11-14,17-18,20-21,27,29,35,37,41-43,45-48,50-51,53-55H,3-4,6,8-10,15-16,19,22-26,28,30-34,36,38-40H2,1-2H3,(H,49,52)/b7-5-,13-11-,14-12+,18-17-,21-20-,29-27+,37-35+. The van der Waals surface area contributed by atoms with Gasteiger partial charge in [-0.2, -0.15) is 0 Å². The first-order chi connectivity index (χ1) is 27.8. The predicted molar refractivity (Wildman–Crippen MR) is 235 cm³/mol. The van der Waals surface area contributed by atoms with Crippen LogP contribution in [0.3, 0.4) is 0 Å². The third-order valence-electron chi connectivity index (χ3n) is 9.93. The Bertz CT molecular complexity index is 1160. The molecule has 0 radical (unpaired) electrons. The van der Waals surface area contributed by atoms with Gasteiger partial charge in [0.2, 0.25) is 5.91 Å². The third-order valence-corrected chi connectivity index (χ3v) is 9.93. The number of aliphatic hydroxyl groups is 5. The Morgan fingerprint density at radius 2 is 1.11 bits per heavy atom. The molecule has 1 aliphatic heterocycles. The van der Waals surface area contributed by atoms with Gasteiger partial charge < -0.3 is 40.3 Å². The van der Waals surface area contributed by atoms with Crippen molar-refractivity contribution in [3.63, 3.8) is 0 Å². The van der Waals surface area contributed by atoms with Crippen molar-refractivity contribution in [3.05, 3.63) is 85.1 Å². The lowest BCUT2D eigenvalue weighted by atomic mass is 9.99. The maximum atomic E-state index is 12.9. The van der Waals surface area contributed by atoms with E-state index < -0.39 is 49.5 Å². The van der Waals surface area contributed by atoms with Crippen LogP contribution in [-0.2, 0) is 14.3 Å². The highest BCUT2D eigenvalue weighted by molar-refractivity contribution is 5.76. The van der Waals surface area contributed by atoms with Crippen LogP contribution >= 0.6 is 0 Å². The number of amides is 1. The number of allylic oxidation sites excluding steroid dienone is 13. The van der Waals surface area contributed by atoms with Gasteiger partial charge in [-0.25, -0.2) is 0 Å². The second-order valence-electron chi connectivity index (χ2n) is 15.1. The van der Waals surface area contributed by atoms with Crippen molar-refractivity contribution in [2.24, 2.45) is 0 Å². The molecule has 326 valence electrons. The summed E-state index contributed by atoms with van der Waals surface area (Å²) in [7, 11) is 0. The summed E-state index contributed by atoms with van der Waals surface area (Å²) < 4.78 is 11.2. The van der Waals surface area contributed by atoms with Crippen LogP contribution in [0.25, 0.3) is 0 Å². The van der Waals surface area contributed by atoms with Crippen LogP contribution in [-0.4, -0.2) is 87.5 Å². The molecule has 1 fully saturated rings. The van der Waals surface area contributed by atoms with Crippen molar-refractivity contribution in [1.29, 1.82) is 0 Å². The van der Waals surface area contributed by atoms with Gasteiger partial charge in [-0.05, 0) is 83.5 Å². The second-order valence-corrected chi connectivity index (χ2v) is 15.1. The van der Waals surface area contributed by atoms with E-state index in [1.165, 1.54) is 44.9 Å². The molecule has 0 bridgehead atoms. The molecular weight excluding hydrogens is 719 g/mol. The molecule has 9 nitrogen and oxygen atoms in total. The van der Waals surface area contributed by atoms with Gasteiger partial charge in [-0.15, -0.1) is 0 Å². The normalized spacial score (nSPS) is 21.8. The molecular formula is C48H81NO8. The number of hydrogen-bond donors (Lipinski definition) is 6. The van der Waals surface area contributed by atoms with E-state index in [9.17, 15) is 30.3 Å². The Morgan fingerprint density at radius 1 is 0.614 bits per heavy atom. The Kier molecular flexibility index (Phi) is 34.6. The van der Waals surface area contributed by atoms with Crippen molar-refractivity contribution in [3.8, 4) is 0 Å². The van der Waals surface area contributed by atoms with E-state index >= 15 is 0 Å². The topological polar surface area (TPSA) is 149 Å². The predicted octanol–water partition coefficient (Wildman–Crippen LogP) is 9.16. The molecule has 0 aliphatic carbocycles. The van der Waals surface area contributed by atoms with E-state index in [1.807, 2.05) is 6.08 Å². The third kappa shape index (κ3) is 28.4. The minimum atomic E-state index is -1.58. The van der Waals surface area contributed by atoms with E-state index in [-0.39, 0.29) is 12.5 Å². The lowest BCUT2D eigenvalue weighted by molar-refractivity contribution is -0.302. The summed E-state index contributed by atoms with van der Waals surface area (Å²) in [5.74, 6) is -0.206. The SMILES string of the molecule is CC/C=C\C/C=C\C/C=C\C/C=C\CCCCCCCCCCC(=O)NC(COC1OC(CO)C(O)C(O)C1O)C(O)/C=C/CC/C=C/CC/C=C/CCCCC. The van der Waals surface area contributed by atoms with Crippen molar-refractivity contribution in [1.82, 2.24) is 5.32 Å². The summed E-state index contributed by atoms with van der Waals surface area (Å²) in [6.45, 7) is 3.57. The highest BCUT2D eigenvalue weighted by Gasteiger charge is 2.44. The molecule has 7 atom stereocenters. The van der Waals surface area contributed by atoms with Crippen LogP contribution in [0.2, 0.25) is 0 Å². The molecule has 1 aliphatic rings. The molecule has 1 rings (SSSR count). The fourth-order valence-corrected chi connectivity index (χ4v) is 6.35. The monoisotopic (exact) mass is 800 g/mol. The number of rotatable bonds is 35. The van der Waals surface area contributed by atoms with Gasteiger partial charge in [-0.3, -0.25) is 4.79 Å². The highest BCUT2D eigenvalue weighted by Crippen LogP contribution is 2.22. The number of unbranched alkanes of at least 4 members (excludes halogenated alkanes) is 13. The number of carbonyl (C=O) groups is 1. The van der Waals surface area contributed by atoms with Gasteiger partial charge in [0.05, 0.1) is 25.4 Å². The molecule has 7 unspecified atom stereocenters. The summed E-state index contributed by atoms with van der Waals surface area (Å²) in [6, 6.07) is -0.836. The summed E-state index contributed by atoms with van der Waals surface area (Å²) >= 11 is 0. The highest BCUT2D eigenvalue weighted by atomic mass is 16.7. The molecule has 0 aromatic heterocycles. The molecule has 9 heteroatoms. The van der Waals surface area contributed by atoms with Crippen LogP contribution in [0.5, 0.6) is 0 Å². The molecule has 0 aromatic carbocycles. The average molecular weight is 800 g/mol. The molecule has 0 spiro atoms. The number of nitrogens with one attached hydrogen (secondary N) is 1. The Hall–Kier alpha value is -2.63. The van der Waals surface area contributed by atoms with E-state index in [0.29, 0.717) is 6.42 Å². The van der Waals surface area contributed by atoms with Gasteiger partial charge in [0.25, 0.3) is 0 Å².